The molecule has 3 aromatic rings. The predicted molar refractivity (Wildman–Crippen MR) is 77.3 cm³/mol. The van der Waals surface area contributed by atoms with E-state index < -0.39 is 0 Å². The van der Waals surface area contributed by atoms with Crippen LogP contribution in [-0.2, 0) is 6.42 Å². The number of aromatic amines is 1. The largest absolute Gasteiger partial charge is 0.467 e. The summed E-state index contributed by atoms with van der Waals surface area (Å²) in [5.41, 5.74) is 2.33. The molecule has 0 saturated heterocycles. The van der Waals surface area contributed by atoms with E-state index in [-0.39, 0.29) is 6.04 Å². The van der Waals surface area contributed by atoms with Crippen LogP contribution >= 0.6 is 0 Å². The number of furan rings is 1. The van der Waals surface area contributed by atoms with Crippen molar-refractivity contribution in [3.05, 3.63) is 78.3 Å². The normalized spacial score (nSPS) is 12.4. The van der Waals surface area contributed by atoms with E-state index in [0.717, 1.165) is 24.4 Å². The third kappa shape index (κ3) is 2.97. The number of hydrogen-bond donors (Lipinski definition) is 2. The zero-order valence-electron chi connectivity index (χ0n) is 11.1. The maximum atomic E-state index is 5.56. The lowest BCUT2D eigenvalue weighted by atomic mass is 10.0. The van der Waals surface area contributed by atoms with Gasteiger partial charge < -0.3 is 14.7 Å². The van der Waals surface area contributed by atoms with Crippen LogP contribution < -0.4 is 5.32 Å². The minimum Gasteiger partial charge on any atom is -0.467 e. The van der Waals surface area contributed by atoms with Crippen molar-refractivity contribution >= 4 is 0 Å². The molecule has 0 radical (unpaired) electrons. The molecule has 0 aliphatic rings. The molecule has 1 unspecified atom stereocenters. The van der Waals surface area contributed by atoms with E-state index >= 15 is 0 Å². The Morgan fingerprint density at radius 3 is 2.75 bits per heavy atom. The van der Waals surface area contributed by atoms with Gasteiger partial charge in [-0.25, -0.2) is 4.98 Å². The van der Waals surface area contributed by atoms with Crippen molar-refractivity contribution < 1.29 is 4.42 Å². The lowest BCUT2D eigenvalue weighted by molar-refractivity contribution is 0.447. The monoisotopic (exact) mass is 267 g/mol. The van der Waals surface area contributed by atoms with E-state index in [9.17, 15) is 0 Å². The van der Waals surface area contributed by atoms with E-state index in [1.807, 2.05) is 36.5 Å². The first kappa shape index (κ1) is 12.7. The van der Waals surface area contributed by atoms with Crippen molar-refractivity contribution in [3.63, 3.8) is 0 Å². The number of nitrogens with zero attached hydrogens (tertiary/aromatic N) is 1. The number of hydrogen-bond acceptors (Lipinski definition) is 3. The molecule has 0 spiro atoms. The number of aromatic nitrogens is 2. The fourth-order valence-corrected chi connectivity index (χ4v) is 2.26. The van der Waals surface area contributed by atoms with Crippen molar-refractivity contribution in [2.24, 2.45) is 0 Å². The van der Waals surface area contributed by atoms with Crippen LogP contribution in [0.1, 0.15) is 23.1 Å². The number of benzene rings is 1. The van der Waals surface area contributed by atoms with Crippen LogP contribution in [0.3, 0.4) is 0 Å². The summed E-state index contributed by atoms with van der Waals surface area (Å²) < 4.78 is 5.56. The van der Waals surface area contributed by atoms with Gasteiger partial charge in [-0.1, -0.05) is 30.3 Å². The zero-order chi connectivity index (χ0) is 13.6. The molecule has 20 heavy (non-hydrogen) atoms. The average molecular weight is 267 g/mol. The van der Waals surface area contributed by atoms with Crippen molar-refractivity contribution in [1.29, 1.82) is 0 Å². The second kappa shape index (κ2) is 6.21. The van der Waals surface area contributed by atoms with Crippen LogP contribution in [0.25, 0.3) is 0 Å². The molecule has 0 saturated carbocycles. The highest BCUT2D eigenvalue weighted by Crippen LogP contribution is 2.22. The molecule has 0 fully saturated rings. The predicted octanol–water partition coefficient (Wildman–Crippen LogP) is 2.92. The van der Waals surface area contributed by atoms with Gasteiger partial charge in [0, 0.05) is 24.9 Å². The van der Waals surface area contributed by atoms with Crippen LogP contribution in [0, 0.1) is 0 Å². The maximum Gasteiger partial charge on any atom is 0.125 e. The molecule has 1 aromatic carbocycles. The minimum atomic E-state index is 0.0779. The highest BCUT2D eigenvalue weighted by atomic mass is 16.3. The van der Waals surface area contributed by atoms with Gasteiger partial charge in [-0.3, -0.25) is 0 Å². The van der Waals surface area contributed by atoms with E-state index in [1.165, 1.54) is 5.56 Å². The molecule has 0 aliphatic heterocycles. The lowest BCUT2D eigenvalue weighted by Crippen LogP contribution is -2.24. The molecule has 0 bridgehead atoms. The molecule has 0 aliphatic carbocycles. The maximum absolute atomic E-state index is 5.56. The molecule has 1 atom stereocenters. The van der Waals surface area contributed by atoms with Gasteiger partial charge in [0.1, 0.15) is 5.76 Å². The molecule has 4 heteroatoms. The second-order valence-electron chi connectivity index (χ2n) is 4.64. The zero-order valence-corrected chi connectivity index (χ0v) is 11.1. The summed E-state index contributed by atoms with van der Waals surface area (Å²) in [6, 6.07) is 14.3. The molecule has 2 heterocycles. The van der Waals surface area contributed by atoms with Crippen LogP contribution in [-0.4, -0.2) is 16.5 Å². The third-order valence-electron chi connectivity index (χ3n) is 3.26. The Hall–Kier alpha value is -2.33. The number of rotatable bonds is 6. The Bertz CT molecular complexity index is 602. The Morgan fingerprint density at radius 1 is 1.15 bits per heavy atom. The first-order valence-electron chi connectivity index (χ1n) is 6.72. The molecule has 0 amide bonds. The van der Waals surface area contributed by atoms with Crippen molar-refractivity contribution in [2.45, 2.75) is 12.5 Å². The second-order valence-corrected chi connectivity index (χ2v) is 4.64. The van der Waals surface area contributed by atoms with Crippen LogP contribution in [0.2, 0.25) is 0 Å². The highest BCUT2D eigenvalue weighted by Gasteiger charge is 2.15. The summed E-state index contributed by atoms with van der Waals surface area (Å²) in [5.74, 6) is 0.931. The highest BCUT2D eigenvalue weighted by molar-refractivity contribution is 5.26. The van der Waals surface area contributed by atoms with Gasteiger partial charge in [0.05, 0.1) is 18.6 Å². The van der Waals surface area contributed by atoms with E-state index in [0.29, 0.717) is 0 Å². The Kier molecular flexibility index (Phi) is 3.94. The van der Waals surface area contributed by atoms with Crippen molar-refractivity contribution in [1.82, 2.24) is 15.3 Å². The van der Waals surface area contributed by atoms with Gasteiger partial charge in [-0.15, -0.1) is 0 Å². The standard InChI is InChI=1S/C16H17N3O/c1-2-5-13(6-3-1)16(15-7-4-10-20-15)18-9-8-14-11-17-12-19-14/h1-7,10-12,16,18H,8-9H2,(H,17,19). The van der Waals surface area contributed by atoms with Crippen molar-refractivity contribution in [2.75, 3.05) is 6.54 Å². The topological polar surface area (TPSA) is 53.9 Å². The van der Waals surface area contributed by atoms with E-state index in [4.69, 9.17) is 4.42 Å². The summed E-state index contributed by atoms with van der Waals surface area (Å²) in [4.78, 5) is 7.14. The Labute approximate surface area is 117 Å². The van der Waals surface area contributed by atoms with E-state index in [1.54, 1.807) is 12.6 Å². The van der Waals surface area contributed by atoms with Gasteiger partial charge in [-0.2, -0.15) is 0 Å². The van der Waals surface area contributed by atoms with Crippen LogP contribution in [0.15, 0.2) is 65.7 Å². The SMILES string of the molecule is c1ccc(C(NCCc2cnc[nH]2)c2ccco2)cc1. The fourth-order valence-electron chi connectivity index (χ4n) is 2.26. The number of nitrogens with one attached hydrogen (secondary N) is 2. The molecule has 2 N–H and O–H groups in total. The molecule has 102 valence electrons. The summed E-state index contributed by atoms with van der Waals surface area (Å²) >= 11 is 0. The van der Waals surface area contributed by atoms with E-state index in [2.05, 4.69) is 27.4 Å². The first-order valence-corrected chi connectivity index (χ1v) is 6.72. The third-order valence-corrected chi connectivity index (χ3v) is 3.26. The van der Waals surface area contributed by atoms with Crippen molar-refractivity contribution in [3.8, 4) is 0 Å². The van der Waals surface area contributed by atoms with Crippen LogP contribution in [0.5, 0.6) is 0 Å². The Morgan fingerprint density at radius 2 is 2.05 bits per heavy atom. The Balaban J connectivity index is 1.70. The van der Waals surface area contributed by atoms with Gasteiger partial charge >= 0.3 is 0 Å². The van der Waals surface area contributed by atoms with Gasteiger partial charge in [0.25, 0.3) is 0 Å². The van der Waals surface area contributed by atoms with Crippen LogP contribution in [0.4, 0.5) is 0 Å². The van der Waals surface area contributed by atoms with Gasteiger partial charge in [0.2, 0.25) is 0 Å². The number of H-pyrrole nitrogens is 1. The summed E-state index contributed by atoms with van der Waals surface area (Å²) in [7, 11) is 0. The molecule has 4 nitrogen and oxygen atoms in total. The molecular weight excluding hydrogens is 250 g/mol. The fraction of sp³-hybridized carbons (Fsp3) is 0.188. The summed E-state index contributed by atoms with van der Waals surface area (Å²) in [5, 5.41) is 3.54. The first-order chi connectivity index (χ1) is 9.93. The summed E-state index contributed by atoms with van der Waals surface area (Å²) in [6.45, 7) is 0.850. The quantitative estimate of drug-likeness (QED) is 0.722. The lowest BCUT2D eigenvalue weighted by Gasteiger charge is -2.16. The number of imidazole rings is 1. The average Bonchev–Trinajstić information content (AvgIpc) is 3.18. The molecular formula is C16H17N3O. The van der Waals surface area contributed by atoms with Gasteiger partial charge in [-0.05, 0) is 17.7 Å². The minimum absolute atomic E-state index is 0.0779. The molecule has 2 aromatic heterocycles. The smallest absolute Gasteiger partial charge is 0.125 e. The molecule has 3 rings (SSSR count). The van der Waals surface area contributed by atoms with Gasteiger partial charge in [0.15, 0.2) is 0 Å². The summed E-state index contributed by atoms with van der Waals surface area (Å²) in [6.07, 6.45) is 6.18.